The first-order valence-electron chi connectivity index (χ1n) is 6.71. The number of hydrogen-bond acceptors (Lipinski definition) is 5. The van der Waals surface area contributed by atoms with Crippen LogP contribution in [0.3, 0.4) is 0 Å². The predicted molar refractivity (Wildman–Crippen MR) is 85.7 cm³/mol. The van der Waals surface area contributed by atoms with Crippen LogP contribution in [0.2, 0.25) is 0 Å². The molecule has 0 radical (unpaired) electrons. The molecule has 0 amide bonds. The number of para-hydroxylation sites is 1. The summed E-state index contributed by atoms with van der Waals surface area (Å²) in [5, 5.41) is 10.2. The Morgan fingerprint density at radius 3 is 2.91 bits per heavy atom. The Balaban J connectivity index is 1.76. The largest absolute Gasteiger partial charge is 0.454 e. The third-order valence-corrected chi connectivity index (χ3v) is 4.42. The number of fused-ring (bicyclic) bond motifs is 2. The van der Waals surface area contributed by atoms with Gasteiger partial charge in [0.15, 0.2) is 11.5 Å². The van der Waals surface area contributed by atoms with E-state index in [4.69, 9.17) is 9.47 Å². The van der Waals surface area contributed by atoms with E-state index in [1.165, 1.54) is 11.3 Å². The zero-order valence-corrected chi connectivity index (χ0v) is 12.3. The van der Waals surface area contributed by atoms with Crippen LogP contribution in [0, 0.1) is 11.3 Å². The third-order valence-electron chi connectivity index (χ3n) is 3.35. The van der Waals surface area contributed by atoms with E-state index >= 15 is 0 Å². The van der Waals surface area contributed by atoms with E-state index < -0.39 is 0 Å². The van der Waals surface area contributed by atoms with Gasteiger partial charge in [-0.15, -0.1) is 11.3 Å². The quantitative estimate of drug-likeness (QED) is 0.669. The first-order valence-corrected chi connectivity index (χ1v) is 7.52. The maximum atomic E-state index is 9.45. The second kappa shape index (κ2) is 5.17. The summed E-state index contributed by atoms with van der Waals surface area (Å²) in [6.45, 7) is 0.242. The highest BCUT2D eigenvalue weighted by Crippen LogP contribution is 2.34. The summed E-state index contributed by atoms with van der Waals surface area (Å²) in [7, 11) is 0. The maximum absolute atomic E-state index is 9.45. The number of allylic oxidation sites excluding steroid dienone is 1. The van der Waals surface area contributed by atoms with Crippen LogP contribution < -0.4 is 9.47 Å². The molecular formula is C17H10N2O2S. The van der Waals surface area contributed by atoms with Crippen molar-refractivity contribution in [2.24, 2.45) is 0 Å². The molecule has 0 unspecified atom stereocenters. The molecule has 2 heterocycles. The minimum atomic E-state index is 0.242. The zero-order valence-electron chi connectivity index (χ0n) is 11.4. The average Bonchev–Trinajstić information content (AvgIpc) is 3.18. The number of ether oxygens (including phenoxy) is 2. The van der Waals surface area contributed by atoms with Crippen LogP contribution in [0.25, 0.3) is 21.9 Å². The van der Waals surface area contributed by atoms with Crippen molar-refractivity contribution in [1.82, 2.24) is 4.98 Å². The van der Waals surface area contributed by atoms with Crippen molar-refractivity contribution < 1.29 is 9.47 Å². The summed E-state index contributed by atoms with van der Waals surface area (Å²) in [5.74, 6) is 1.44. The molecule has 0 aliphatic carbocycles. The number of aromatic nitrogens is 1. The number of rotatable bonds is 2. The SMILES string of the molecule is N#C/C(=C/c1ccc2c(c1)OCO2)c1nc2ccccc2s1. The van der Waals surface area contributed by atoms with Gasteiger partial charge >= 0.3 is 0 Å². The maximum Gasteiger partial charge on any atom is 0.231 e. The molecule has 0 saturated carbocycles. The van der Waals surface area contributed by atoms with Gasteiger partial charge in [0.25, 0.3) is 0 Å². The highest BCUT2D eigenvalue weighted by molar-refractivity contribution is 7.19. The number of nitriles is 1. The molecule has 106 valence electrons. The van der Waals surface area contributed by atoms with Crippen molar-refractivity contribution in [2.45, 2.75) is 0 Å². The Morgan fingerprint density at radius 2 is 2.05 bits per heavy atom. The third kappa shape index (κ3) is 2.20. The molecule has 1 aromatic heterocycles. The molecule has 0 bridgehead atoms. The number of benzene rings is 2. The van der Waals surface area contributed by atoms with Crippen LogP contribution in [0.15, 0.2) is 42.5 Å². The van der Waals surface area contributed by atoms with Crippen LogP contribution >= 0.6 is 11.3 Å². The van der Waals surface area contributed by atoms with Gasteiger partial charge in [-0.05, 0) is 35.9 Å². The van der Waals surface area contributed by atoms with Gasteiger partial charge in [0.1, 0.15) is 11.1 Å². The molecule has 0 atom stereocenters. The van der Waals surface area contributed by atoms with E-state index in [0.717, 1.165) is 26.5 Å². The van der Waals surface area contributed by atoms with E-state index in [0.29, 0.717) is 11.3 Å². The van der Waals surface area contributed by atoms with Gasteiger partial charge in [0.2, 0.25) is 6.79 Å². The molecular weight excluding hydrogens is 296 g/mol. The van der Waals surface area contributed by atoms with Crippen LogP contribution in [0.1, 0.15) is 10.6 Å². The van der Waals surface area contributed by atoms with Gasteiger partial charge in [-0.3, -0.25) is 0 Å². The zero-order chi connectivity index (χ0) is 14.9. The minimum Gasteiger partial charge on any atom is -0.454 e. The molecule has 0 saturated heterocycles. The van der Waals surface area contributed by atoms with Gasteiger partial charge in [0.05, 0.1) is 15.8 Å². The van der Waals surface area contributed by atoms with Gasteiger partial charge < -0.3 is 9.47 Å². The summed E-state index contributed by atoms with van der Waals surface area (Å²) < 4.78 is 11.7. The smallest absolute Gasteiger partial charge is 0.231 e. The summed E-state index contributed by atoms with van der Waals surface area (Å²) in [6, 6.07) is 15.7. The number of thiazole rings is 1. The van der Waals surface area contributed by atoms with Crippen LogP contribution in [0.5, 0.6) is 11.5 Å². The first-order chi connectivity index (χ1) is 10.8. The Hall–Kier alpha value is -2.84. The standard InChI is InChI=1S/C17H10N2O2S/c18-9-12(17-19-13-3-1-2-4-16(13)22-17)7-11-5-6-14-15(8-11)21-10-20-14/h1-8H,10H2/b12-7-. The topological polar surface area (TPSA) is 55.1 Å². The molecule has 0 fully saturated rings. The highest BCUT2D eigenvalue weighted by atomic mass is 32.1. The van der Waals surface area contributed by atoms with Crippen molar-refractivity contribution >= 4 is 33.2 Å². The highest BCUT2D eigenvalue weighted by Gasteiger charge is 2.14. The number of hydrogen-bond donors (Lipinski definition) is 0. The lowest BCUT2D eigenvalue weighted by Gasteiger charge is -1.98. The molecule has 4 rings (SSSR count). The minimum absolute atomic E-state index is 0.242. The summed E-state index contributed by atoms with van der Waals surface area (Å²) >= 11 is 1.52. The van der Waals surface area contributed by atoms with Gasteiger partial charge in [-0.25, -0.2) is 4.98 Å². The summed E-state index contributed by atoms with van der Waals surface area (Å²) in [6.07, 6.45) is 1.82. The van der Waals surface area contributed by atoms with Gasteiger partial charge in [0, 0.05) is 0 Å². The Morgan fingerprint density at radius 1 is 1.18 bits per heavy atom. The predicted octanol–water partition coefficient (Wildman–Crippen LogP) is 4.09. The van der Waals surface area contributed by atoms with Crippen molar-refractivity contribution in [3.8, 4) is 17.6 Å². The summed E-state index contributed by atoms with van der Waals surface area (Å²) in [4.78, 5) is 4.52. The lowest BCUT2D eigenvalue weighted by atomic mass is 10.1. The molecule has 5 heteroatoms. The Kier molecular flexibility index (Phi) is 3.02. The van der Waals surface area contributed by atoms with Crippen LogP contribution in [0.4, 0.5) is 0 Å². The molecule has 0 spiro atoms. The molecule has 3 aromatic rings. The van der Waals surface area contributed by atoms with Gasteiger partial charge in [-0.1, -0.05) is 18.2 Å². The van der Waals surface area contributed by atoms with Gasteiger partial charge in [-0.2, -0.15) is 5.26 Å². The second-order valence-electron chi connectivity index (χ2n) is 4.77. The molecule has 1 aliphatic rings. The fraction of sp³-hybridized carbons (Fsp3) is 0.0588. The van der Waals surface area contributed by atoms with E-state index in [1.807, 2.05) is 48.5 Å². The van der Waals surface area contributed by atoms with Crippen molar-refractivity contribution in [2.75, 3.05) is 6.79 Å². The van der Waals surface area contributed by atoms with Crippen molar-refractivity contribution in [3.05, 3.63) is 53.0 Å². The van der Waals surface area contributed by atoms with Crippen molar-refractivity contribution in [3.63, 3.8) is 0 Å². The molecule has 2 aromatic carbocycles. The van der Waals surface area contributed by atoms with E-state index in [-0.39, 0.29) is 6.79 Å². The average molecular weight is 306 g/mol. The number of nitrogens with zero attached hydrogens (tertiary/aromatic N) is 2. The normalized spacial score (nSPS) is 13.3. The van der Waals surface area contributed by atoms with Crippen molar-refractivity contribution in [1.29, 1.82) is 5.26 Å². The molecule has 0 N–H and O–H groups in total. The molecule has 22 heavy (non-hydrogen) atoms. The first kappa shape index (κ1) is 12.9. The Labute approximate surface area is 130 Å². The lowest BCUT2D eigenvalue weighted by molar-refractivity contribution is 0.174. The van der Waals surface area contributed by atoms with E-state index in [1.54, 1.807) is 0 Å². The van der Waals surface area contributed by atoms with E-state index in [2.05, 4.69) is 11.1 Å². The molecule has 4 nitrogen and oxygen atoms in total. The summed E-state index contributed by atoms with van der Waals surface area (Å²) in [5.41, 5.74) is 2.34. The van der Waals surface area contributed by atoms with Crippen LogP contribution in [-0.2, 0) is 0 Å². The fourth-order valence-electron chi connectivity index (χ4n) is 2.30. The van der Waals surface area contributed by atoms with E-state index in [9.17, 15) is 5.26 Å². The lowest BCUT2D eigenvalue weighted by Crippen LogP contribution is -1.92. The molecule has 1 aliphatic heterocycles. The fourth-order valence-corrected chi connectivity index (χ4v) is 3.23. The Bertz CT molecular complexity index is 904. The monoisotopic (exact) mass is 306 g/mol. The second-order valence-corrected chi connectivity index (χ2v) is 5.80. The van der Waals surface area contributed by atoms with Crippen LogP contribution in [-0.4, -0.2) is 11.8 Å².